The highest BCUT2D eigenvalue weighted by molar-refractivity contribution is 8.38. The van der Waals surface area contributed by atoms with Crippen LogP contribution in [0.5, 0.6) is 0 Å². The average Bonchev–Trinajstić information content (AvgIpc) is 3.52. The van der Waals surface area contributed by atoms with Crippen molar-refractivity contribution >= 4 is 45.6 Å². The Labute approximate surface area is 199 Å². The van der Waals surface area contributed by atoms with Crippen molar-refractivity contribution in [3.8, 4) is 11.8 Å². The predicted octanol–water partition coefficient (Wildman–Crippen LogP) is 3.88. The highest BCUT2D eigenvalue weighted by Crippen LogP contribution is 2.27. The Balaban J connectivity index is 1.40. The molecule has 10 heteroatoms. The summed E-state index contributed by atoms with van der Waals surface area (Å²) in [6.07, 6.45) is 1.37. The van der Waals surface area contributed by atoms with E-state index in [1.54, 1.807) is 47.8 Å². The summed E-state index contributed by atoms with van der Waals surface area (Å²) < 4.78 is 7.73. The van der Waals surface area contributed by atoms with Crippen molar-refractivity contribution in [1.82, 2.24) is 9.78 Å². The van der Waals surface area contributed by atoms with Crippen LogP contribution in [0.4, 0.5) is 5.82 Å². The molecular weight excluding hydrogens is 458 g/mol. The van der Waals surface area contributed by atoms with Crippen molar-refractivity contribution in [2.45, 2.75) is 5.75 Å². The number of hydrogen-bond donors (Lipinski definition) is 1. The van der Waals surface area contributed by atoms with Gasteiger partial charge in [-0.3, -0.25) is 9.79 Å². The van der Waals surface area contributed by atoms with Crippen molar-refractivity contribution in [3.63, 3.8) is 0 Å². The molecule has 0 saturated heterocycles. The van der Waals surface area contributed by atoms with Gasteiger partial charge < -0.3 is 10.1 Å². The zero-order chi connectivity index (χ0) is 23.0. The summed E-state index contributed by atoms with van der Waals surface area (Å²) in [7, 11) is 0. The van der Waals surface area contributed by atoms with E-state index in [4.69, 9.17) is 4.74 Å². The van der Waals surface area contributed by atoms with E-state index in [2.05, 4.69) is 15.4 Å². The molecule has 4 rings (SSSR count). The molecule has 1 aromatic heterocycles. The highest BCUT2D eigenvalue weighted by Gasteiger charge is 2.18. The molecule has 33 heavy (non-hydrogen) atoms. The summed E-state index contributed by atoms with van der Waals surface area (Å²) in [5.74, 6) is 0.639. The van der Waals surface area contributed by atoms with Gasteiger partial charge in [0.15, 0.2) is 12.4 Å². The fourth-order valence-electron chi connectivity index (χ4n) is 3.08. The number of nitriles is 1. The zero-order valence-corrected chi connectivity index (χ0v) is 19.1. The molecule has 8 nitrogen and oxygen atoms in total. The average molecular weight is 478 g/mol. The number of rotatable bonds is 7. The number of thioether (sulfide) groups is 2. The largest absolute Gasteiger partial charge is 0.452 e. The lowest BCUT2D eigenvalue weighted by Crippen LogP contribution is -2.23. The SMILES string of the molecule is N#Cc1cnn(-c2ccccc2)c1NC(=O)COC(=O)c1ccccc1CSC1=NCCS1. The van der Waals surface area contributed by atoms with Gasteiger partial charge in [0.25, 0.3) is 5.91 Å². The van der Waals surface area contributed by atoms with Crippen LogP contribution in [-0.2, 0) is 15.3 Å². The van der Waals surface area contributed by atoms with E-state index in [9.17, 15) is 14.9 Å². The van der Waals surface area contributed by atoms with Crippen molar-refractivity contribution < 1.29 is 14.3 Å². The molecule has 3 aromatic rings. The zero-order valence-electron chi connectivity index (χ0n) is 17.4. The molecule has 0 bridgehead atoms. The van der Waals surface area contributed by atoms with Crippen LogP contribution in [-0.4, -0.2) is 44.9 Å². The number of hydrogen-bond acceptors (Lipinski definition) is 8. The first-order valence-electron chi connectivity index (χ1n) is 10.0. The third-order valence-corrected chi connectivity index (χ3v) is 6.93. The van der Waals surface area contributed by atoms with Gasteiger partial charge in [-0.05, 0) is 23.8 Å². The number of aromatic nitrogens is 2. The van der Waals surface area contributed by atoms with Crippen LogP contribution in [0.25, 0.3) is 5.69 Å². The second-order valence-corrected chi connectivity index (χ2v) is 9.14. The number of amides is 1. The molecule has 2 aromatic carbocycles. The molecule has 166 valence electrons. The van der Waals surface area contributed by atoms with Gasteiger partial charge in [-0.25, -0.2) is 9.48 Å². The molecule has 0 atom stereocenters. The minimum absolute atomic E-state index is 0.202. The number of carbonyl (C=O) groups excluding carboxylic acids is 2. The summed E-state index contributed by atoms with van der Waals surface area (Å²) in [5.41, 5.74) is 2.11. The van der Waals surface area contributed by atoms with Crippen LogP contribution in [0.2, 0.25) is 0 Å². The Morgan fingerprint density at radius 1 is 1.18 bits per heavy atom. The van der Waals surface area contributed by atoms with Crippen molar-refractivity contribution in [2.75, 3.05) is 24.2 Å². The van der Waals surface area contributed by atoms with Gasteiger partial charge in [0.2, 0.25) is 0 Å². The fraction of sp³-hybridized carbons (Fsp3) is 0.174. The van der Waals surface area contributed by atoms with Crippen LogP contribution in [0.3, 0.4) is 0 Å². The molecular formula is C23H19N5O3S2. The van der Waals surface area contributed by atoms with E-state index in [0.717, 1.165) is 22.2 Å². The van der Waals surface area contributed by atoms with Gasteiger partial charge in [-0.15, -0.1) is 0 Å². The Kier molecular flexibility index (Phi) is 7.44. The monoisotopic (exact) mass is 477 g/mol. The lowest BCUT2D eigenvalue weighted by molar-refractivity contribution is -0.119. The Morgan fingerprint density at radius 3 is 2.73 bits per heavy atom. The molecule has 0 spiro atoms. The summed E-state index contributed by atoms with van der Waals surface area (Å²) in [4.78, 5) is 29.6. The third kappa shape index (κ3) is 5.63. The number of aliphatic imine (C=N–C) groups is 1. The van der Waals surface area contributed by atoms with Crippen LogP contribution in [0.15, 0.2) is 65.8 Å². The van der Waals surface area contributed by atoms with Gasteiger partial charge >= 0.3 is 5.97 Å². The molecule has 0 aliphatic carbocycles. The van der Waals surface area contributed by atoms with E-state index in [1.807, 2.05) is 36.4 Å². The normalized spacial score (nSPS) is 12.6. The number of carbonyl (C=O) groups is 2. The van der Waals surface area contributed by atoms with E-state index < -0.39 is 18.5 Å². The second-order valence-electron chi connectivity index (χ2n) is 6.83. The van der Waals surface area contributed by atoms with Crippen LogP contribution >= 0.6 is 23.5 Å². The second kappa shape index (κ2) is 10.8. The van der Waals surface area contributed by atoms with Gasteiger partial charge in [0, 0.05) is 11.5 Å². The van der Waals surface area contributed by atoms with E-state index in [1.165, 1.54) is 10.9 Å². The maximum absolute atomic E-state index is 12.7. The number of para-hydroxylation sites is 1. The smallest absolute Gasteiger partial charge is 0.338 e. The first kappa shape index (κ1) is 22.6. The molecule has 1 N–H and O–H groups in total. The molecule has 0 saturated carbocycles. The van der Waals surface area contributed by atoms with E-state index in [-0.39, 0.29) is 11.4 Å². The molecule has 1 amide bonds. The quantitative estimate of drug-likeness (QED) is 0.514. The van der Waals surface area contributed by atoms with Gasteiger partial charge in [0.05, 0.1) is 24.0 Å². The molecule has 0 radical (unpaired) electrons. The molecule has 1 aliphatic heterocycles. The van der Waals surface area contributed by atoms with Gasteiger partial charge in [0.1, 0.15) is 16.0 Å². The Morgan fingerprint density at radius 2 is 1.97 bits per heavy atom. The van der Waals surface area contributed by atoms with Crippen molar-refractivity contribution in [2.24, 2.45) is 4.99 Å². The number of anilines is 1. The fourth-order valence-corrected chi connectivity index (χ4v) is 5.09. The summed E-state index contributed by atoms with van der Waals surface area (Å²) in [6, 6.07) is 18.3. The summed E-state index contributed by atoms with van der Waals surface area (Å²) in [5, 5.41) is 16.2. The topological polar surface area (TPSA) is 109 Å². The number of esters is 1. The Hall–Kier alpha value is -3.55. The van der Waals surface area contributed by atoms with E-state index in [0.29, 0.717) is 17.0 Å². The Bertz CT molecular complexity index is 1230. The van der Waals surface area contributed by atoms with Crippen LogP contribution in [0.1, 0.15) is 21.5 Å². The number of nitrogens with one attached hydrogen (secondary N) is 1. The summed E-state index contributed by atoms with van der Waals surface area (Å²) in [6.45, 7) is 0.330. The van der Waals surface area contributed by atoms with E-state index >= 15 is 0 Å². The molecule has 2 heterocycles. The van der Waals surface area contributed by atoms with Gasteiger partial charge in [-0.2, -0.15) is 10.4 Å². The highest BCUT2D eigenvalue weighted by atomic mass is 32.2. The lowest BCUT2D eigenvalue weighted by atomic mass is 10.1. The maximum Gasteiger partial charge on any atom is 0.338 e. The predicted molar refractivity (Wildman–Crippen MR) is 130 cm³/mol. The van der Waals surface area contributed by atoms with Crippen LogP contribution < -0.4 is 5.32 Å². The lowest BCUT2D eigenvalue weighted by Gasteiger charge is -2.11. The van der Waals surface area contributed by atoms with Gasteiger partial charge in [-0.1, -0.05) is 59.9 Å². The number of benzene rings is 2. The molecule has 0 unspecified atom stereocenters. The first-order valence-corrected chi connectivity index (χ1v) is 12.0. The summed E-state index contributed by atoms with van der Waals surface area (Å²) >= 11 is 3.29. The minimum atomic E-state index is -0.584. The molecule has 0 fully saturated rings. The first-order chi connectivity index (χ1) is 16.2. The maximum atomic E-state index is 12.7. The number of nitrogens with zero attached hydrogens (tertiary/aromatic N) is 4. The number of ether oxygens (including phenoxy) is 1. The van der Waals surface area contributed by atoms with Crippen molar-refractivity contribution in [3.05, 3.63) is 77.5 Å². The van der Waals surface area contributed by atoms with Crippen molar-refractivity contribution in [1.29, 1.82) is 5.26 Å². The van der Waals surface area contributed by atoms with Crippen LogP contribution in [0, 0.1) is 11.3 Å². The third-order valence-electron chi connectivity index (χ3n) is 4.63. The molecule has 1 aliphatic rings. The standard InChI is InChI=1S/C23H19N5O3S2/c24-12-17-13-26-28(18-7-2-1-3-8-18)21(17)27-20(29)14-31-22(30)19-9-5-4-6-16(19)15-33-23-25-10-11-32-23/h1-9,13H,10-11,14-15H2,(H,27,29). The minimum Gasteiger partial charge on any atom is -0.452 e.